The van der Waals surface area contributed by atoms with Crippen molar-refractivity contribution in [1.82, 2.24) is 0 Å². The van der Waals surface area contributed by atoms with Crippen LogP contribution < -0.4 is 4.90 Å². The topological polar surface area (TPSA) is 20.3 Å². The number of halogens is 1. The molecule has 0 bridgehead atoms. The van der Waals surface area contributed by atoms with E-state index in [2.05, 4.69) is 15.9 Å². The molecule has 1 aromatic rings. The summed E-state index contributed by atoms with van der Waals surface area (Å²) in [4.78, 5) is 13.1. The van der Waals surface area contributed by atoms with Crippen molar-refractivity contribution in [2.75, 3.05) is 11.4 Å². The summed E-state index contributed by atoms with van der Waals surface area (Å²) in [6, 6.07) is 5.97. The minimum atomic E-state index is 0.122. The molecule has 1 heterocycles. The Bertz CT molecular complexity index is 362. The van der Waals surface area contributed by atoms with Gasteiger partial charge < -0.3 is 4.90 Å². The summed E-state index contributed by atoms with van der Waals surface area (Å²) in [6.45, 7) is 2.42. The van der Waals surface area contributed by atoms with Crippen LogP contribution in [0.4, 0.5) is 5.69 Å². The van der Waals surface area contributed by atoms with Gasteiger partial charge in [-0.25, -0.2) is 0 Å². The number of amides is 1. The summed E-state index contributed by atoms with van der Waals surface area (Å²) >= 11 is 3.49. The van der Waals surface area contributed by atoms with E-state index in [0.717, 1.165) is 23.1 Å². The van der Waals surface area contributed by atoms with Gasteiger partial charge in [0, 0.05) is 23.6 Å². The van der Waals surface area contributed by atoms with Gasteiger partial charge in [-0.05, 0) is 24.1 Å². The molecule has 2 rings (SSSR count). The molecule has 0 fully saturated rings. The van der Waals surface area contributed by atoms with Crippen molar-refractivity contribution < 1.29 is 4.79 Å². The first-order valence-electron chi connectivity index (χ1n) is 4.25. The highest BCUT2D eigenvalue weighted by Gasteiger charge is 2.23. The van der Waals surface area contributed by atoms with E-state index in [0.29, 0.717) is 0 Å². The molecule has 0 aromatic heterocycles. The van der Waals surface area contributed by atoms with Crippen LogP contribution in [0.2, 0.25) is 0 Å². The maximum absolute atomic E-state index is 11.2. The Labute approximate surface area is 85.7 Å². The minimum absolute atomic E-state index is 0.122. The Balaban J connectivity index is 2.49. The lowest BCUT2D eigenvalue weighted by molar-refractivity contribution is -0.116. The summed E-state index contributed by atoms with van der Waals surface area (Å²) < 4.78 is 1.11. The van der Waals surface area contributed by atoms with E-state index in [4.69, 9.17) is 0 Å². The predicted molar refractivity (Wildman–Crippen MR) is 55.9 cm³/mol. The third kappa shape index (κ3) is 1.37. The van der Waals surface area contributed by atoms with Crippen LogP contribution in [-0.4, -0.2) is 12.5 Å². The van der Waals surface area contributed by atoms with Crippen LogP contribution in [0.5, 0.6) is 0 Å². The number of rotatable bonds is 0. The molecular formula is C10H10BrNO. The van der Waals surface area contributed by atoms with E-state index in [1.165, 1.54) is 5.56 Å². The first kappa shape index (κ1) is 8.75. The molecule has 0 spiro atoms. The second kappa shape index (κ2) is 3.14. The van der Waals surface area contributed by atoms with Gasteiger partial charge in [0.1, 0.15) is 0 Å². The van der Waals surface area contributed by atoms with Crippen molar-refractivity contribution in [3.8, 4) is 0 Å². The molecule has 0 radical (unpaired) electrons. The molecule has 2 nitrogen and oxygen atoms in total. The third-order valence-electron chi connectivity index (χ3n) is 2.35. The van der Waals surface area contributed by atoms with E-state index < -0.39 is 0 Å². The minimum Gasteiger partial charge on any atom is -0.312 e. The van der Waals surface area contributed by atoms with Gasteiger partial charge >= 0.3 is 0 Å². The molecule has 1 amide bonds. The van der Waals surface area contributed by atoms with Gasteiger partial charge in [-0.2, -0.15) is 0 Å². The van der Waals surface area contributed by atoms with Gasteiger partial charge in [-0.15, -0.1) is 0 Å². The molecule has 68 valence electrons. The zero-order chi connectivity index (χ0) is 9.42. The highest BCUT2D eigenvalue weighted by Crippen LogP contribution is 2.33. The molecule has 0 aliphatic carbocycles. The van der Waals surface area contributed by atoms with Gasteiger partial charge in [-0.3, -0.25) is 4.79 Å². The fourth-order valence-electron chi connectivity index (χ4n) is 1.72. The number of hydrogen-bond acceptors (Lipinski definition) is 1. The molecule has 3 heteroatoms. The van der Waals surface area contributed by atoms with Crippen molar-refractivity contribution in [3.05, 3.63) is 28.2 Å². The van der Waals surface area contributed by atoms with Crippen molar-refractivity contribution in [2.24, 2.45) is 0 Å². The molecule has 0 saturated heterocycles. The fourth-order valence-corrected chi connectivity index (χ4v) is 2.27. The molecule has 1 aromatic carbocycles. The van der Waals surface area contributed by atoms with Crippen LogP contribution in [0.15, 0.2) is 22.7 Å². The second-order valence-corrected chi connectivity index (χ2v) is 4.01. The molecular weight excluding hydrogens is 230 g/mol. The lowest BCUT2D eigenvalue weighted by Gasteiger charge is -2.14. The average Bonchev–Trinajstić information content (AvgIpc) is 2.48. The van der Waals surface area contributed by atoms with Crippen LogP contribution in [0.1, 0.15) is 12.5 Å². The van der Waals surface area contributed by atoms with Crippen LogP contribution in [0, 0.1) is 0 Å². The van der Waals surface area contributed by atoms with Crippen molar-refractivity contribution >= 4 is 27.5 Å². The standard InChI is InChI=1S/C10H10BrNO/c1-7(13)12-6-5-8-9(11)3-2-4-10(8)12/h2-4H,5-6H2,1H3. The zero-order valence-electron chi connectivity index (χ0n) is 7.38. The number of nitrogens with zero attached hydrogens (tertiary/aromatic N) is 1. The first-order chi connectivity index (χ1) is 6.20. The molecule has 0 unspecified atom stereocenters. The second-order valence-electron chi connectivity index (χ2n) is 3.16. The van der Waals surface area contributed by atoms with Gasteiger partial charge in [0.25, 0.3) is 0 Å². The number of carbonyl (C=O) groups is 1. The Kier molecular flexibility index (Phi) is 2.12. The van der Waals surface area contributed by atoms with Crippen LogP contribution >= 0.6 is 15.9 Å². The summed E-state index contributed by atoms with van der Waals surface area (Å²) in [5.41, 5.74) is 2.31. The lowest BCUT2D eigenvalue weighted by Crippen LogP contribution is -2.25. The summed E-state index contributed by atoms with van der Waals surface area (Å²) in [7, 11) is 0. The smallest absolute Gasteiger partial charge is 0.223 e. The van der Waals surface area contributed by atoms with E-state index in [9.17, 15) is 4.79 Å². The Hall–Kier alpha value is -0.830. The number of anilines is 1. The van der Waals surface area contributed by atoms with E-state index in [1.807, 2.05) is 23.1 Å². The van der Waals surface area contributed by atoms with Gasteiger partial charge in [0.2, 0.25) is 5.91 Å². The van der Waals surface area contributed by atoms with Gasteiger partial charge in [-0.1, -0.05) is 22.0 Å². The Morgan fingerprint density at radius 3 is 3.00 bits per heavy atom. The normalized spacial score (nSPS) is 14.5. The molecule has 13 heavy (non-hydrogen) atoms. The summed E-state index contributed by atoms with van der Waals surface area (Å²) in [5, 5.41) is 0. The molecule has 0 atom stereocenters. The fraction of sp³-hybridized carbons (Fsp3) is 0.300. The predicted octanol–water partition coefficient (Wildman–Crippen LogP) is 2.36. The largest absolute Gasteiger partial charge is 0.312 e. The first-order valence-corrected chi connectivity index (χ1v) is 5.05. The SMILES string of the molecule is CC(=O)N1CCc2c(Br)cccc21. The summed E-state index contributed by atoms with van der Waals surface area (Å²) in [6.07, 6.45) is 0.955. The highest BCUT2D eigenvalue weighted by molar-refractivity contribution is 9.10. The quantitative estimate of drug-likeness (QED) is 0.681. The van der Waals surface area contributed by atoms with Gasteiger partial charge in [0.05, 0.1) is 0 Å². The summed E-state index contributed by atoms with van der Waals surface area (Å²) in [5.74, 6) is 0.122. The van der Waals surface area contributed by atoms with E-state index >= 15 is 0 Å². The number of fused-ring (bicyclic) bond motifs is 1. The van der Waals surface area contributed by atoms with Crippen LogP contribution in [-0.2, 0) is 11.2 Å². The Morgan fingerprint density at radius 2 is 2.31 bits per heavy atom. The maximum Gasteiger partial charge on any atom is 0.223 e. The number of benzene rings is 1. The van der Waals surface area contributed by atoms with E-state index in [1.54, 1.807) is 6.92 Å². The van der Waals surface area contributed by atoms with Crippen LogP contribution in [0.3, 0.4) is 0 Å². The van der Waals surface area contributed by atoms with Crippen LogP contribution in [0.25, 0.3) is 0 Å². The van der Waals surface area contributed by atoms with Gasteiger partial charge in [0.15, 0.2) is 0 Å². The number of carbonyl (C=O) groups excluding carboxylic acids is 1. The molecule has 0 saturated carbocycles. The van der Waals surface area contributed by atoms with E-state index in [-0.39, 0.29) is 5.91 Å². The maximum atomic E-state index is 11.2. The highest BCUT2D eigenvalue weighted by atomic mass is 79.9. The average molecular weight is 240 g/mol. The number of hydrogen-bond donors (Lipinski definition) is 0. The third-order valence-corrected chi connectivity index (χ3v) is 3.09. The molecule has 1 aliphatic heterocycles. The van der Waals surface area contributed by atoms with Crippen molar-refractivity contribution in [3.63, 3.8) is 0 Å². The lowest BCUT2D eigenvalue weighted by atomic mass is 10.2. The van der Waals surface area contributed by atoms with Crippen molar-refractivity contribution in [2.45, 2.75) is 13.3 Å². The zero-order valence-corrected chi connectivity index (χ0v) is 8.97. The Morgan fingerprint density at radius 1 is 1.54 bits per heavy atom. The molecule has 1 aliphatic rings. The molecule has 0 N–H and O–H groups in total. The van der Waals surface area contributed by atoms with Crippen molar-refractivity contribution in [1.29, 1.82) is 0 Å². The monoisotopic (exact) mass is 239 g/mol.